The van der Waals surface area contributed by atoms with Crippen LogP contribution in [0.3, 0.4) is 0 Å². The molecule has 1 unspecified atom stereocenters. The van der Waals surface area contributed by atoms with E-state index < -0.39 is 20.0 Å². The summed E-state index contributed by atoms with van der Waals surface area (Å²) in [4.78, 5) is 16.1. The summed E-state index contributed by atoms with van der Waals surface area (Å²) in [7, 11) is -4.39. The average molecular weight is 140 g/mol. The summed E-state index contributed by atoms with van der Waals surface area (Å²) in [6, 6.07) is 0. The topological polar surface area (TPSA) is 102 Å². The third-order valence-electron chi connectivity index (χ3n) is 0.571. The van der Waals surface area contributed by atoms with Crippen LogP contribution >= 0.6 is 7.60 Å². The molecule has 1 atom stereocenters. The minimum atomic E-state index is -4.39. The predicted octanol–water partition coefficient (Wildman–Crippen LogP) is -1.23. The van der Waals surface area contributed by atoms with Gasteiger partial charge >= 0.3 is 7.60 Å². The van der Waals surface area contributed by atoms with Gasteiger partial charge in [0.25, 0.3) is 0 Å². The molecule has 0 aliphatic heterocycles. The van der Waals surface area contributed by atoms with Gasteiger partial charge in [-0.25, -0.2) is 0 Å². The molecule has 0 saturated heterocycles. The Morgan fingerprint density at radius 1 is 1.62 bits per heavy atom. The Hall–Kier alpha value is 0.0700. The summed E-state index contributed by atoms with van der Waals surface area (Å²) in [5.41, 5.74) is 6.32. The lowest BCUT2D eigenvalue weighted by Crippen LogP contribution is -2.12. The summed E-state index contributed by atoms with van der Waals surface area (Å²) in [6.07, 6.45) is 0. The van der Waals surface area contributed by atoms with E-state index >= 15 is 0 Å². The van der Waals surface area contributed by atoms with Gasteiger partial charge in [0.15, 0.2) is 5.85 Å². The van der Waals surface area contributed by atoms with Crippen molar-refractivity contribution in [2.45, 2.75) is 5.85 Å². The molecule has 4 N–H and O–H groups in total. The minimum Gasteiger partial charge on any atom is -0.379 e. The average Bonchev–Trinajstić information content (AvgIpc) is 1.62. The van der Waals surface area contributed by atoms with Crippen molar-refractivity contribution in [2.75, 3.05) is 6.54 Å². The summed E-state index contributed by atoms with van der Waals surface area (Å²) in [6.45, 7) is -0.662. The lowest BCUT2D eigenvalue weighted by molar-refractivity contribution is 0.207. The molecule has 0 fully saturated rings. The Labute approximate surface area is 46.3 Å². The molecular formula is C2H7NO4P. The number of aliphatic hydroxyl groups excluding tert-OH is 1. The van der Waals surface area contributed by atoms with Crippen molar-refractivity contribution in [1.82, 2.24) is 5.73 Å². The van der Waals surface area contributed by atoms with Crippen LogP contribution in [0.5, 0.6) is 0 Å². The van der Waals surface area contributed by atoms with E-state index in [2.05, 4.69) is 0 Å². The first-order chi connectivity index (χ1) is 3.48. The highest BCUT2D eigenvalue weighted by Crippen LogP contribution is 2.38. The fourth-order valence-electron chi connectivity index (χ4n) is 0.119. The highest BCUT2D eigenvalue weighted by molar-refractivity contribution is 7.52. The SMILES string of the molecule is [NH]CC(O)P(=O)(O)O. The zero-order valence-electron chi connectivity index (χ0n) is 3.98. The summed E-state index contributed by atoms with van der Waals surface area (Å²) in [5, 5.41) is 8.24. The number of nitrogens with one attached hydrogen (secondary N) is 1. The largest absolute Gasteiger partial charge is 0.379 e. The van der Waals surface area contributed by atoms with E-state index in [0.717, 1.165) is 0 Å². The van der Waals surface area contributed by atoms with Gasteiger partial charge in [0.05, 0.1) is 0 Å². The van der Waals surface area contributed by atoms with E-state index in [1.165, 1.54) is 0 Å². The lowest BCUT2D eigenvalue weighted by atomic mass is 10.7. The van der Waals surface area contributed by atoms with E-state index in [0.29, 0.717) is 0 Å². The Bertz CT molecular complexity index is 109. The van der Waals surface area contributed by atoms with Crippen LogP contribution in [-0.4, -0.2) is 27.3 Å². The molecule has 5 nitrogen and oxygen atoms in total. The number of hydrogen-bond donors (Lipinski definition) is 3. The van der Waals surface area contributed by atoms with E-state index in [-0.39, 0.29) is 0 Å². The minimum absolute atomic E-state index is 0.662. The van der Waals surface area contributed by atoms with Crippen LogP contribution in [0.1, 0.15) is 0 Å². The molecule has 1 radical (unpaired) electrons. The first-order valence-corrected chi connectivity index (χ1v) is 3.54. The second kappa shape index (κ2) is 2.57. The molecule has 6 heteroatoms. The van der Waals surface area contributed by atoms with Gasteiger partial charge in [-0.3, -0.25) is 10.3 Å². The second-order valence-electron chi connectivity index (χ2n) is 1.27. The molecule has 0 aliphatic rings. The smallest absolute Gasteiger partial charge is 0.355 e. The fourth-order valence-corrected chi connectivity index (χ4v) is 0.357. The maximum absolute atomic E-state index is 9.89. The Morgan fingerprint density at radius 3 is 2.00 bits per heavy atom. The van der Waals surface area contributed by atoms with E-state index in [1.807, 2.05) is 0 Å². The van der Waals surface area contributed by atoms with Gasteiger partial charge in [0, 0.05) is 6.54 Å². The van der Waals surface area contributed by atoms with Gasteiger partial charge in [0.1, 0.15) is 0 Å². The maximum atomic E-state index is 9.89. The molecule has 0 saturated carbocycles. The molecule has 0 bridgehead atoms. The normalized spacial score (nSPS) is 16.0. The molecule has 8 heavy (non-hydrogen) atoms. The van der Waals surface area contributed by atoms with Gasteiger partial charge in [0.2, 0.25) is 0 Å². The zero-order valence-corrected chi connectivity index (χ0v) is 4.88. The van der Waals surface area contributed by atoms with Gasteiger partial charge in [-0.15, -0.1) is 0 Å². The van der Waals surface area contributed by atoms with Crippen molar-refractivity contribution in [1.29, 1.82) is 0 Å². The Morgan fingerprint density at radius 2 is 2.00 bits per heavy atom. The van der Waals surface area contributed by atoms with Crippen LogP contribution in [0.15, 0.2) is 0 Å². The molecule has 0 aliphatic carbocycles. The van der Waals surface area contributed by atoms with Crippen molar-refractivity contribution in [3.63, 3.8) is 0 Å². The predicted molar refractivity (Wildman–Crippen MR) is 26.0 cm³/mol. The summed E-state index contributed by atoms with van der Waals surface area (Å²) in [5.74, 6) is -1.82. The first-order valence-electron chi connectivity index (χ1n) is 1.86. The molecule has 0 spiro atoms. The Balaban J connectivity index is 3.82. The highest BCUT2D eigenvalue weighted by Gasteiger charge is 2.23. The van der Waals surface area contributed by atoms with Crippen LogP contribution in [0.25, 0.3) is 0 Å². The fraction of sp³-hybridized carbons (Fsp3) is 1.00. The van der Waals surface area contributed by atoms with Gasteiger partial charge < -0.3 is 14.9 Å². The number of aliphatic hydroxyl groups is 1. The van der Waals surface area contributed by atoms with Gasteiger partial charge in [-0.1, -0.05) is 0 Å². The highest BCUT2D eigenvalue weighted by atomic mass is 31.2. The number of rotatable bonds is 2. The van der Waals surface area contributed by atoms with E-state index in [9.17, 15) is 4.57 Å². The van der Waals surface area contributed by atoms with Crippen LogP contribution in [0.2, 0.25) is 0 Å². The number of hydrogen-bond acceptors (Lipinski definition) is 2. The molecule has 49 valence electrons. The van der Waals surface area contributed by atoms with Crippen molar-refractivity contribution in [3.05, 3.63) is 0 Å². The van der Waals surface area contributed by atoms with E-state index in [4.69, 9.17) is 20.6 Å². The quantitative estimate of drug-likeness (QED) is 0.417. The van der Waals surface area contributed by atoms with Gasteiger partial charge in [-0.2, -0.15) is 0 Å². The van der Waals surface area contributed by atoms with Crippen LogP contribution in [0.4, 0.5) is 0 Å². The maximum Gasteiger partial charge on any atom is 0.355 e. The molecule has 0 aromatic rings. The second-order valence-corrected chi connectivity index (χ2v) is 3.05. The lowest BCUT2D eigenvalue weighted by Gasteiger charge is -2.07. The third kappa shape index (κ3) is 2.40. The van der Waals surface area contributed by atoms with Gasteiger partial charge in [-0.05, 0) is 0 Å². The van der Waals surface area contributed by atoms with Crippen LogP contribution in [-0.2, 0) is 4.57 Å². The molecule has 0 rings (SSSR count). The summed E-state index contributed by atoms with van der Waals surface area (Å²) < 4.78 is 9.89. The van der Waals surface area contributed by atoms with Crippen LogP contribution in [0, 0.1) is 0 Å². The van der Waals surface area contributed by atoms with Crippen molar-refractivity contribution in [2.24, 2.45) is 0 Å². The zero-order chi connectivity index (χ0) is 6.78. The van der Waals surface area contributed by atoms with Crippen molar-refractivity contribution in [3.8, 4) is 0 Å². The Kier molecular flexibility index (Phi) is 2.59. The van der Waals surface area contributed by atoms with Crippen molar-refractivity contribution >= 4 is 7.60 Å². The van der Waals surface area contributed by atoms with Crippen molar-refractivity contribution < 1.29 is 19.5 Å². The standard InChI is InChI=1S/C2H7NO4P/c3-1-2(4)8(5,6)7/h2-4H,1H2,(H2,5,6,7). The molecular weight excluding hydrogens is 133 g/mol. The molecule has 0 amide bonds. The third-order valence-corrected chi connectivity index (χ3v) is 1.53. The monoisotopic (exact) mass is 140 g/mol. The first kappa shape index (κ1) is 8.07. The molecule has 0 heterocycles. The van der Waals surface area contributed by atoms with E-state index in [1.54, 1.807) is 0 Å². The molecule has 0 aromatic carbocycles. The summed E-state index contributed by atoms with van der Waals surface area (Å²) >= 11 is 0. The molecule has 0 aromatic heterocycles. The van der Waals surface area contributed by atoms with Crippen LogP contribution < -0.4 is 5.73 Å².